The van der Waals surface area contributed by atoms with Crippen LogP contribution in [0.3, 0.4) is 0 Å². The Morgan fingerprint density at radius 2 is 2.19 bits per heavy atom. The number of hydrogen-bond acceptors (Lipinski definition) is 2. The van der Waals surface area contributed by atoms with Gasteiger partial charge in [0.25, 0.3) is 0 Å². The van der Waals surface area contributed by atoms with Crippen LogP contribution in [-0.4, -0.2) is 13.2 Å². The molecular formula is C11H12F3NO. The second-order valence-corrected chi connectivity index (χ2v) is 3.71. The predicted molar refractivity (Wildman–Crippen MR) is 53.0 cm³/mol. The third-order valence-corrected chi connectivity index (χ3v) is 2.62. The lowest BCUT2D eigenvalue weighted by Crippen LogP contribution is -2.15. The highest BCUT2D eigenvalue weighted by molar-refractivity contribution is 5.37. The van der Waals surface area contributed by atoms with E-state index in [-0.39, 0.29) is 11.8 Å². The summed E-state index contributed by atoms with van der Waals surface area (Å²) < 4.78 is 41.7. The van der Waals surface area contributed by atoms with E-state index in [0.29, 0.717) is 5.56 Å². The molecular weight excluding hydrogens is 219 g/mol. The van der Waals surface area contributed by atoms with Gasteiger partial charge < -0.3 is 10.1 Å². The van der Waals surface area contributed by atoms with Gasteiger partial charge in [-0.3, -0.25) is 0 Å². The summed E-state index contributed by atoms with van der Waals surface area (Å²) in [5.74, 6) is -0.388. The number of nitrogens with one attached hydrogen (secondary N) is 1. The number of halogens is 3. The van der Waals surface area contributed by atoms with Crippen molar-refractivity contribution in [2.45, 2.75) is 25.5 Å². The first-order valence-electron chi connectivity index (χ1n) is 5.14. The van der Waals surface area contributed by atoms with Crippen molar-refractivity contribution < 1.29 is 17.9 Å². The highest BCUT2D eigenvalue weighted by Gasteiger charge is 2.21. The molecule has 1 unspecified atom stereocenters. The minimum Gasteiger partial charge on any atom is -0.434 e. The topological polar surface area (TPSA) is 21.3 Å². The van der Waals surface area contributed by atoms with Crippen molar-refractivity contribution in [3.63, 3.8) is 0 Å². The highest BCUT2D eigenvalue weighted by atomic mass is 19.3. The van der Waals surface area contributed by atoms with Gasteiger partial charge in [-0.1, -0.05) is 0 Å². The molecule has 1 fully saturated rings. The Hall–Kier alpha value is -1.23. The Balaban J connectivity index is 2.28. The second kappa shape index (κ2) is 4.74. The van der Waals surface area contributed by atoms with E-state index in [2.05, 4.69) is 10.1 Å². The monoisotopic (exact) mass is 231 g/mol. The van der Waals surface area contributed by atoms with Crippen LogP contribution >= 0.6 is 0 Å². The van der Waals surface area contributed by atoms with E-state index in [9.17, 15) is 13.2 Å². The van der Waals surface area contributed by atoms with E-state index < -0.39 is 12.4 Å². The van der Waals surface area contributed by atoms with Crippen LogP contribution in [0.4, 0.5) is 13.2 Å². The molecule has 0 aliphatic carbocycles. The lowest BCUT2D eigenvalue weighted by Gasteiger charge is -2.16. The molecule has 1 heterocycles. The fourth-order valence-electron chi connectivity index (χ4n) is 1.94. The fourth-order valence-corrected chi connectivity index (χ4v) is 1.94. The van der Waals surface area contributed by atoms with Crippen molar-refractivity contribution in [3.8, 4) is 5.75 Å². The molecule has 1 aromatic rings. The number of alkyl halides is 2. The van der Waals surface area contributed by atoms with Crippen LogP contribution in [0.1, 0.15) is 24.4 Å². The first-order valence-corrected chi connectivity index (χ1v) is 5.14. The highest BCUT2D eigenvalue weighted by Crippen LogP contribution is 2.32. The molecule has 0 aromatic heterocycles. The third kappa shape index (κ3) is 2.47. The molecule has 88 valence electrons. The normalized spacial score (nSPS) is 20.4. The van der Waals surface area contributed by atoms with Crippen LogP contribution in [0, 0.1) is 5.82 Å². The van der Waals surface area contributed by atoms with Gasteiger partial charge in [-0.15, -0.1) is 0 Å². The van der Waals surface area contributed by atoms with Crippen LogP contribution in [0.25, 0.3) is 0 Å². The molecule has 0 saturated carbocycles. The van der Waals surface area contributed by atoms with Crippen molar-refractivity contribution in [1.82, 2.24) is 5.32 Å². The Morgan fingerprint density at radius 3 is 2.81 bits per heavy atom. The maximum absolute atomic E-state index is 13.1. The zero-order valence-corrected chi connectivity index (χ0v) is 8.55. The predicted octanol–water partition coefficient (Wildman–Crippen LogP) is 2.85. The molecule has 5 heteroatoms. The standard InChI is InChI=1S/C11H12F3NO/c12-7-3-4-10(16-11(13)14)8(6-7)9-2-1-5-15-9/h3-4,6,9,11,15H,1-2,5H2. The van der Waals surface area contributed by atoms with Gasteiger partial charge in [0.15, 0.2) is 0 Å². The van der Waals surface area contributed by atoms with Crippen molar-refractivity contribution in [3.05, 3.63) is 29.6 Å². The summed E-state index contributed by atoms with van der Waals surface area (Å²) in [4.78, 5) is 0. The van der Waals surface area contributed by atoms with Crippen LogP contribution < -0.4 is 10.1 Å². The van der Waals surface area contributed by atoms with E-state index in [4.69, 9.17) is 0 Å². The van der Waals surface area contributed by atoms with Gasteiger partial charge in [0, 0.05) is 11.6 Å². The molecule has 0 amide bonds. The molecule has 0 bridgehead atoms. The summed E-state index contributed by atoms with van der Waals surface area (Å²) in [6, 6.07) is 3.53. The Bertz CT molecular complexity index is 364. The summed E-state index contributed by atoms with van der Waals surface area (Å²) in [6.45, 7) is -2.07. The van der Waals surface area contributed by atoms with Crippen molar-refractivity contribution in [2.75, 3.05) is 6.54 Å². The smallest absolute Gasteiger partial charge is 0.387 e. The van der Waals surface area contributed by atoms with E-state index in [0.717, 1.165) is 25.5 Å². The van der Waals surface area contributed by atoms with Crippen LogP contribution in [0.15, 0.2) is 18.2 Å². The van der Waals surface area contributed by atoms with Crippen LogP contribution in [0.5, 0.6) is 5.75 Å². The maximum Gasteiger partial charge on any atom is 0.387 e. The molecule has 16 heavy (non-hydrogen) atoms. The first kappa shape index (κ1) is 11.3. The molecule has 1 aliphatic rings. The van der Waals surface area contributed by atoms with Gasteiger partial charge in [-0.25, -0.2) is 4.39 Å². The number of hydrogen-bond donors (Lipinski definition) is 1. The molecule has 1 atom stereocenters. The van der Waals surface area contributed by atoms with Crippen molar-refractivity contribution in [2.24, 2.45) is 0 Å². The molecule has 1 saturated heterocycles. The second-order valence-electron chi connectivity index (χ2n) is 3.71. The summed E-state index contributed by atoms with van der Waals surface area (Å²) >= 11 is 0. The van der Waals surface area contributed by atoms with Gasteiger partial charge in [-0.05, 0) is 37.6 Å². The van der Waals surface area contributed by atoms with Gasteiger partial charge in [0.2, 0.25) is 0 Å². The van der Waals surface area contributed by atoms with Gasteiger partial charge in [0.05, 0.1) is 0 Å². The summed E-state index contributed by atoms with van der Waals surface area (Å²) in [7, 11) is 0. The quantitative estimate of drug-likeness (QED) is 0.863. The van der Waals surface area contributed by atoms with Crippen LogP contribution in [0.2, 0.25) is 0 Å². The fraction of sp³-hybridized carbons (Fsp3) is 0.455. The van der Waals surface area contributed by atoms with Crippen molar-refractivity contribution in [1.29, 1.82) is 0 Å². The Morgan fingerprint density at radius 1 is 1.38 bits per heavy atom. The molecule has 0 spiro atoms. The molecule has 1 aromatic carbocycles. The van der Waals surface area contributed by atoms with E-state index >= 15 is 0 Å². The minimum atomic E-state index is -2.88. The zero-order chi connectivity index (χ0) is 11.5. The molecule has 1 aliphatic heterocycles. The maximum atomic E-state index is 13.1. The Kier molecular flexibility index (Phi) is 3.33. The average molecular weight is 231 g/mol. The van der Waals surface area contributed by atoms with Crippen LogP contribution in [-0.2, 0) is 0 Å². The molecule has 2 rings (SSSR count). The summed E-state index contributed by atoms with van der Waals surface area (Å²) in [5.41, 5.74) is 0.470. The number of benzene rings is 1. The summed E-state index contributed by atoms with van der Waals surface area (Å²) in [6.07, 6.45) is 1.76. The average Bonchev–Trinajstić information content (AvgIpc) is 2.73. The molecule has 2 nitrogen and oxygen atoms in total. The van der Waals surface area contributed by atoms with Gasteiger partial charge >= 0.3 is 6.61 Å². The molecule has 1 N–H and O–H groups in total. The SMILES string of the molecule is Fc1ccc(OC(F)F)c(C2CCCN2)c1. The largest absolute Gasteiger partial charge is 0.434 e. The lowest BCUT2D eigenvalue weighted by molar-refractivity contribution is -0.0507. The molecule has 0 radical (unpaired) electrons. The minimum absolute atomic E-state index is 0.0517. The van der Waals surface area contributed by atoms with E-state index in [1.165, 1.54) is 12.1 Å². The summed E-state index contributed by atoms with van der Waals surface area (Å²) in [5, 5.41) is 3.12. The van der Waals surface area contributed by atoms with Gasteiger partial charge in [-0.2, -0.15) is 8.78 Å². The Labute approximate surface area is 91.4 Å². The number of rotatable bonds is 3. The third-order valence-electron chi connectivity index (χ3n) is 2.62. The lowest BCUT2D eigenvalue weighted by atomic mass is 10.0. The van der Waals surface area contributed by atoms with Crippen molar-refractivity contribution >= 4 is 0 Å². The van der Waals surface area contributed by atoms with Gasteiger partial charge in [0.1, 0.15) is 11.6 Å². The number of ether oxygens (including phenoxy) is 1. The first-order chi connectivity index (χ1) is 7.66. The zero-order valence-electron chi connectivity index (χ0n) is 8.55. The van der Waals surface area contributed by atoms with E-state index in [1.54, 1.807) is 0 Å². The van der Waals surface area contributed by atoms with E-state index in [1.807, 2.05) is 0 Å².